The third-order valence-corrected chi connectivity index (χ3v) is 3.26. The maximum absolute atomic E-state index is 9.30. The number of aryl methyl sites for hydroxylation is 2. The largest absolute Gasteiger partial charge is 0.369 e. The fourth-order valence-electron chi connectivity index (χ4n) is 2.11. The zero-order chi connectivity index (χ0) is 14.7. The molecule has 0 aromatic carbocycles. The molecule has 2 heterocycles. The Morgan fingerprint density at radius 2 is 2.10 bits per heavy atom. The Bertz CT molecular complexity index is 659. The van der Waals surface area contributed by atoms with Gasteiger partial charge in [0, 0.05) is 25.5 Å². The van der Waals surface area contributed by atoms with Crippen molar-refractivity contribution in [3.05, 3.63) is 52.1 Å². The SMILES string of the molecule is Cc1cc(N(C)Cc2ccc(Cl)nc2)c(C#N)c(C)n1. The van der Waals surface area contributed by atoms with Gasteiger partial charge in [0.2, 0.25) is 0 Å². The summed E-state index contributed by atoms with van der Waals surface area (Å²) in [4.78, 5) is 10.4. The van der Waals surface area contributed by atoms with Gasteiger partial charge < -0.3 is 4.90 Å². The van der Waals surface area contributed by atoms with Crippen LogP contribution in [0.2, 0.25) is 5.15 Å². The quantitative estimate of drug-likeness (QED) is 0.813. The number of nitrogens with zero attached hydrogens (tertiary/aromatic N) is 4. The first-order valence-electron chi connectivity index (χ1n) is 6.21. The third kappa shape index (κ3) is 3.06. The van der Waals surface area contributed by atoms with Crippen molar-refractivity contribution in [1.29, 1.82) is 5.26 Å². The minimum absolute atomic E-state index is 0.477. The van der Waals surface area contributed by atoms with Crippen molar-refractivity contribution in [2.45, 2.75) is 20.4 Å². The van der Waals surface area contributed by atoms with Gasteiger partial charge in [-0.15, -0.1) is 0 Å². The van der Waals surface area contributed by atoms with Crippen LogP contribution in [0.15, 0.2) is 24.4 Å². The van der Waals surface area contributed by atoms with E-state index in [1.54, 1.807) is 12.3 Å². The van der Waals surface area contributed by atoms with E-state index in [0.29, 0.717) is 17.3 Å². The summed E-state index contributed by atoms with van der Waals surface area (Å²) in [6, 6.07) is 7.84. The van der Waals surface area contributed by atoms with Crippen LogP contribution >= 0.6 is 11.6 Å². The predicted octanol–water partition coefficient (Wildman–Crippen LogP) is 3.25. The number of hydrogen-bond donors (Lipinski definition) is 0. The van der Waals surface area contributed by atoms with Crippen molar-refractivity contribution in [1.82, 2.24) is 9.97 Å². The lowest BCUT2D eigenvalue weighted by atomic mass is 10.1. The lowest BCUT2D eigenvalue weighted by molar-refractivity contribution is 0.904. The maximum atomic E-state index is 9.30. The van der Waals surface area contributed by atoms with Crippen LogP contribution in [0.5, 0.6) is 0 Å². The normalized spacial score (nSPS) is 10.2. The number of pyridine rings is 2. The summed E-state index contributed by atoms with van der Waals surface area (Å²) in [5, 5.41) is 9.77. The highest BCUT2D eigenvalue weighted by molar-refractivity contribution is 6.29. The third-order valence-electron chi connectivity index (χ3n) is 3.04. The van der Waals surface area contributed by atoms with Crippen LogP contribution in [-0.4, -0.2) is 17.0 Å². The molecular formula is C15H15ClN4. The number of anilines is 1. The molecule has 5 heteroatoms. The fraction of sp³-hybridized carbons (Fsp3) is 0.267. The van der Waals surface area contributed by atoms with Gasteiger partial charge in [-0.1, -0.05) is 17.7 Å². The molecule has 102 valence electrons. The van der Waals surface area contributed by atoms with Crippen LogP contribution in [0.4, 0.5) is 5.69 Å². The summed E-state index contributed by atoms with van der Waals surface area (Å²) < 4.78 is 0. The standard InChI is InChI=1S/C15H15ClN4/c1-10-6-14(13(7-17)11(2)19-10)20(3)9-12-4-5-15(16)18-8-12/h4-6,8H,9H2,1-3H3. The molecule has 0 atom stereocenters. The van der Waals surface area contributed by atoms with Gasteiger partial charge in [-0.2, -0.15) is 5.26 Å². The number of hydrogen-bond acceptors (Lipinski definition) is 4. The Morgan fingerprint density at radius 1 is 1.35 bits per heavy atom. The molecule has 0 radical (unpaired) electrons. The molecule has 0 N–H and O–H groups in total. The number of halogens is 1. The molecule has 20 heavy (non-hydrogen) atoms. The molecule has 2 aromatic heterocycles. The predicted molar refractivity (Wildman–Crippen MR) is 79.8 cm³/mol. The highest BCUT2D eigenvalue weighted by Gasteiger charge is 2.12. The average Bonchev–Trinajstić information content (AvgIpc) is 2.40. The van der Waals surface area contributed by atoms with Crippen molar-refractivity contribution < 1.29 is 0 Å². The van der Waals surface area contributed by atoms with Gasteiger partial charge in [0.25, 0.3) is 0 Å². The van der Waals surface area contributed by atoms with Crippen LogP contribution < -0.4 is 4.90 Å². The molecule has 4 nitrogen and oxygen atoms in total. The first-order chi connectivity index (χ1) is 9.51. The summed E-state index contributed by atoms with van der Waals surface area (Å²) in [6.45, 7) is 4.43. The van der Waals surface area contributed by atoms with Gasteiger partial charge >= 0.3 is 0 Å². The van der Waals surface area contributed by atoms with E-state index in [4.69, 9.17) is 11.6 Å². The second kappa shape index (κ2) is 5.89. The average molecular weight is 287 g/mol. The summed E-state index contributed by atoms with van der Waals surface area (Å²) in [6.07, 6.45) is 1.74. The van der Waals surface area contributed by atoms with Gasteiger partial charge in [0.15, 0.2) is 0 Å². The molecule has 0 bridgehead atoms. The van der Waals surface area contributed by atoms with E-state index in [-0.39, 0.29) is 0 Å². The van der Waals surface area contributed by atoms with E-state index in [1.165, 1.54) is 0 Å². The van der Waals surface area contributed by atoms with Crippen molar-refractivity contribution in [2.24, 2.45) is 0 Å². The molecule has 0 saturated heterocycles. The topological polar surface area (TPSA) is 52.8 Å². The molecule has 0 aliphatic carbocycles. The van der Waals surface area contributed by atoms with Crippen LogP contribution in [0.1, 0.15) is 22.5 Å². The molecule has 0 unspecified atom stereocenters. The van der Waals surface area contributed by atoms with Gasteiger partial charge in [-0.3, -0.25) is 4.98 Å². The Hall–Kier alpha value is -2.12. The minimum Gasteiger partial charge on any atom is -0.369 e. The molecular weight excluding hydrogens is 272 g/mol. The lowest BCUT2D eigenvalue weighted by Crippen LogP contribution is -2.18. The highest BCUT2D eigenvalue weighted by atomic mass is 35.5. The fourth-order valence-corrected chi connectivity index (χ4v) is 2.22. The van der Waals surface area contributed by atoms with Crippen LogP contribution in [0.3, 0.4) is 0 Å². The Kier molecular flexibility index (Phi) is 4.21. The summed E-state index contributed by atoms with van der Waals surface area (Å²) in [5.41, 5.74) is 4.18. The van der Waals surface area contributed by atoms with Crippen LogP contribution in [-0.2, 0) is 6.54 Å². The van der Waals surface area contributed by atoms with Crippen molar-refractivity contribution >= 4 is 17.3 Å². The van der Waals surface area contributed by atoms with Crippen molar-refractivity contribution in [3.8, 4) is 6.07 Å². The van der Waals surface area contributed by atoms with E-state index in [1.807, 2.05) is 37.9 Å². The Morgan fingerprint density at radius 3 is 2.70 bits per heavy atom. The molecule has 0 aliphatic rings. The molecule has 2 aromatic rings. The second-order valence-corrected chi connectivity index (χ2v) is 5.09. The van der Waals surface area contributed by atoms with Gasteiger partial charge in [-0.25, -0.2) is 4.98 Å². The number of rotatable bonds is 3. The maximum Gasteiger partial charge on any atom is 0.129 e. The monoisotopic (exact) mass is 286 g/mol. The molecule has 0 spiro atoms. The second-order valence-electron chi connectivity index (χ2n) is 4.70. The number of aromatic nitrogens is 2. The first-order valence-corrected chi connectivity index (χ1v) is 6.59. The molecule has 0 fully saturated rings. The summed E-state index contributed by atoms with van der Waals surface area (Å²) in [5.74, 6) is 0. The smallest absolute Gasteiger partial charge is 0.129 e. The zero-order valence-corrected chi connectivity index (χ0v) is 12.4. The Labute approximate surface area is 123 Å². The van der Waals surface area contributed by atoms with Gasteiger partial charge in [0.1, 0.15) is 11.2 Å². The summed E-state index contributed by atoms with van der Waals surface area (Å²) in [7, 11) is 1.95. The van der Waals surface area contributed by atoms with E-state index in [0.717, 1.165) is 22.6 Å². The van der Waals surface area contributed by atoms with Gasteiger partial charge in [-0.05, 0) is 31.5 Å². The Balaban J connectivity index is 2.32. The van der Waals surface area contributed by atoms with Gasteiger partial charge in [0.05, 0.1) is 16.9 Å². The molecule has 2 rings (SSSR count). The van der Waals surface area contributed by atoms with Crippen LogP contribution in [0.25, 0.3) is 0 Å². The molecule has 0 aliphatic heterocycles. The van der Waals surface area contributed by atoms with E-state index >= 15 is 0 Å². The van der Waals surface area contributed by atoms with Crippen LogP contribution in [0, 0.1) is 25.2 Å². The van der Waals surface area contributed by atoms with E-state index < -0.39 is 0 Å². The molecule has 0 amide bonds. The lowest BCUT2D eigenvalue weighted by Gasteiger charge is -2.21. The number of nitriles is 1. The molecule has 0 saturated carbocycles. The van der Waals surface area contributed by atoms with E-state index in [9.17, 15) is 5.26 Å². The van der Waals surface area contributed by atoms with Crippen molar-refractivity contribution in [2.75, 3.05) is 11.9 Å². The summed E-state index contributed by atoms with van der Waals surface area (Å²) >= 11 is 5.78. The highest BCUT2D eigenvalue weighted by Crippen LogP contribution is 2.23. The van der Waals surface area contributed by atoms with E-state index in [2.05, 4.69) is 16.0 Å². The first kappa shape index (κ1) is 14.3. The van der Waals surface area contributed by atoms with Crippen molar-refractivity contribution in [3.63, 3.8) is 0 Å². The zero-order valence-electron chi connectivity index (χ0n) is 11.7. The minimum atomic E-state index is 0.477.